The molecule has 0 aliphatic carbocycles. The molecule has 3 aromatic carbocycles. The summed E-state index contributed by atoms with van der Waals surface area (Å²) in [4.78, 5) is 0. The number of anilines is 1. The molecule has 23 heavy (non-hydrogen) atoms. The highest BCUT2D eigenvalue weighted by atomic mass is 79.9. The molecule has 1 N–H and O–H groups in total. The molecule has 0 aliphatic rings. The predicted octanol–water partition coefficient (Wildman–Crippen LogP) is 5.95. The Kier molecular flexibility index (Phi) is 4.89. The Morgan fingerprint density at radius 2 is 1.35 bits per heavy atom. The zero-order chi connectivity index (χ0) is 16.1. The van der Waals surface area contributed by atoms with Crippen molar-refractivity contribution in [1.82, 2.24) is 0 Å². The van der Waals surface area contributed by atoms with E-state index < -0.39 is 0 Å². The van der Waals surface area contributed by atoms with Crippen LogP contribution in [0.2, 0.25) is 0 Å². The van der Waals surface area contributed by atoms with Gasteiger partial charge < -0.3 is 0 Å². The first-order valence-electron chi connectivity index (χ1n) is 7.44. The molecule has 0 atom stereocenters. The van der Waals surface area contributed by atoms with Crippen molar-refractivity contribution < 1.29 is 0 Å². The molecular formula is C20H17BrN2. The summed E-state index contributed by atoms with van der Waals surface area (Å²) in [7, 11) is 0. The maximum Gasteiger partial charge on any atom is 0.0648 e. The highest BCUT2D eigenvalue weighted by Crippen LogP contribution is 2.22. The number of hydrogen-bond donors (Lipinski definition) is 1. The first-order valence-corrected chi connectivity index (χ1v) is 8.23. The first kappa shape index (κ1) is 15.5. The molecule has 3 heteroatoms. The molecule has 0 saturated carbocycles. The van der Waals surface area contributed by atoms with Crippen LogP contribution in [0.3, 0.4) is 0 Å². The van der Waals surface area contributed by atoms with Gasteiger partial charge in [0.15, 0.2) is 0 Å². The second-order valence-electron chi connectivity index (χ2n) is 5.26. The van der Waals surface area contributed by atoms with Crippen LogP contribution in [-0.2, 0) is 0 Å². The van der Waals surface area contributed by atoms with E-state index in [4.69, 9.17) is 0 Å². The molecular weight excluding hydrogens is 348 g/mol. The van der Waals surface area contributed by atoms with Gasteiger partial charge in [-0.05, 0) is 47.9 Å². The third kappa shape index (κ3) is 4.08. The number of benzene rings is 3. The maximum absolute atomic E-state index is 4.44. The molecule has 3 aromatic rings. The summed E-state index contributed by atoms with van der Waals surface area (Å²) in [5.74, 6) is 0. The van der Waals surface area contributed by atoms with Crippen LogP contribution in [0.4, 0.5) is 5.69 Å². The second-order valence-corrected chi connectivity index (χ2v) is 6.17. The van der Waals surface area contributed by atoms with Crippen molar-refractivity contribution in [2.75, 3.05) is 5.43 Å². The number of nitrogens with one attached hydrogen (secondary N) is 1. The van der Waals surface area contributed by atoms with E-state index in [1.54, 1.807) is 0 Å². The van der Waals surface area contributed by atoms with Crippen molar-refractivity contribution in [2.45, 2.75) is 6.92 Å². The Hall–Kier alpha value is -2.39. The second kappa shape index (κ2) is 7.25. The monoisotopic (exact) mass is 364 g/mol. The third-order valence-corrected chi connectivity index (χ3v) is 4.14. The minimum atomic E-state index is 0.955. The van der Waals surface area contributed by atoms with Crippen molar-refractivity contribution in [1.29, 1.82) is 0 Å². The number of para-hydroxylation sites is 1. The van der Waals surface area contributed by atoms with Crippen LogP contribution in [0.5, 0.6) is 0 Å². The zero-order valence-electron chi connectivity index (χ0n) is 12.8. The number of rotatable bonds is 4. The Bertz CT molecular complexity index is 791. The molecule has 0 unspecified atom stereocenters. The Morgan fingerprint density at radius 3 is 1.96 bits per heavy atom. The average molecular weight is 365 g/mol. The third-order valence-electron chi connectivity index (χ3n) is 3.61. The van der Waals surface area contributed by atoms with Gasteiger partial charge in [-0.1, -0.05) is 70.5 Å². The van der Waals surface area contributed by atoms with Crippen LogP contribution in [0.15, 0.2) is 88.4 Å². The van der Waals surface area contributed by atoms with Gasteiger partial charge in [0.25, 0.3) is 0 Å². The molecule has 114 valence electrons. The first-order chi connectivity index (χ1) is 11.2. The number of halogens is 1. The molecule has 2 nitrogen and oxygen atoms in total. The van der Waals surface area contributed by atoms with E-state index in [-0.39, 0.29) is 0 Å². The van der Waals surface area contributed by atoms with Crippen LogP contribution >= 0.6 is 15.9 Å². The minimum Gasteiger partial charge on any atom is -0.278 e. The lowest BCUT2D eigenvalue weighted by Gasteiger charge is -2.06. The topological polar surface area (TPSA) is 24.4 Å². The van der Waals surface area contributed by atoms with Crippen molar-refractivity contribution in [3.8, 4) is 11.1 Å². The van der Waals surface area contributed by atoms with E-state index in [1.807, 2.05) is 37.3 Å². The molecule has 0 radical (unpaired) electrons. The maximum atomic E-state index is 4.44. The van der Waals surface area contributed by atoms with Gasteiger partial charge >= 0.3 is 0 Å². The molecule has 0 spiro atoms. The summed E-state index contributed by atoms with van der Waals surface area (Å²) >= 11 is 3.46. The van der Waals surface area contributed by atoms with Crippen molar-refractivity contribution in [2.24, 2.45) is 5.10 Å². The van der Waals surface area contributed by atoms with E-state index in [0.717, 1.165) is 21.4 Å². The van der Waals surface area contributed by atoms with Crippen LogP contribution in [0.25, 0.3) is 11.1 Å². The van der Waals surface area contributed by atoms with Gasteiger partial charge in [-0.2, -0.15) is 5.10 Å². The van der Waals surface area contributed by atoms with E-state index in [1.165, 1.54) is 11.1 Å². The summed E-state index contributed by atoms with van der Waals surface area (Å²) in [6, 6.07) is 26.7. The lowest BCUT2D eigenvalue weighted by atomic mass is 10.0. The van der Waals surface area contributed by atoms with Gasteiger partial charge in [0.05, 0.1) is 11.4 Å². The Balaban J connectivity index is 1.75. The minimum absolute atomic E-state index is 0.955. The van der Waals surface area contributed by atoms with Crippen molar-refractivity contribution in [3.63, 3.8) is 0 Å². The van der Waals surface area contributed by atoms with Crippen LogP contribution in [0.1, 0.15) is 12.5 Å². The van der Waals surface area contributed by atoms with Gasteiger partial charge in [0.1, 0.15) is 0 Å². The van der Waals surface area contributed by atoms with Gasteiger partial charge in [0, 0.05) is 4.47 Å². The molecule has 0 bridgehead atoms. The molecule has 0 aliphatic heterocycles. The summed E-state index contributed by atoms with van der Waals surface area (Å²) < 4.78 is 1.09. The largest absolute Gasteiger partial charge is 0.278 e. The van der Waals surface area contributed by atoms with E-state index >= 15 is 0 Å². The highest BCUT2D eigenvalue weighted by molar-refractivity contribution is 9.10. The SMILES string of the molecule is C/C(=N/Nc1ccccc1)c1ccc(-c2ccc(Br)cc2)cc1. The standard InChI is InChI=1S/C20H17BrN2/c1-15(22-23-20-5-3-2-4-6-20)16-7-9-17(10-8-16)18-11-13-19(21)14-12-18/h2-14,23H,1H3/b22-15-. The summed E-state index contributed by atoms with van der Waals surface area (Å²) in [6.45, 7) is 2.00. The van der Waals surface area contributed by atoms with Crippen molar-refractivity contribution >= 4 is 27.3 Å². The molecule has 3 rings (SSSR count). The molecule has 0 aromatic heterocycles. The van der Waals surface area contributed by atoms with Gasteiger partial charge in [0.2, 0.25) is 0 Å². The van der Waals surface area contributed by atoms with Crippen LogP contribution in [0, 0.1) is 0 Å². The number of hydrogen-bond acceptors (Lipinski definition) is 2. The molecule has 0 heterocycles. The van der Waals surface area contributed by atoms with E-state index in [9.17, 15) is 0 Å². The Morgan fingerprint density at radius 1 is 0.783 bits per heavy atom. The molecule has 0 amide bonds. The average Bonchev–Trinajstić information content (AvgIpc) is 2.61. The number of nitrogens with zero attached hydrogens (tertiary/aromatic N) is 1. The fourth-order valence-corrected chi connectivity index (χ4v) is 2.54. The highest BCUT2D eigenvalue weighted by Gasteiger charge is 2.01. The summed E-state index contributed by atoms with van der Waals surface area (Å²) in [5, 5.41) is 4.44. The van der Waals surface area contributed by atoms with E-state index in [2.05, 4.69) is 75.0 Å². The molecule has 0 saturated heterocycles. The fourth-order valence-electron chi connectivity index (χ4n) is 2.27. The normalized spacial score (nSPS) is 11.3. The lowest BCUT2D eigenvalue weighted by molar-refractivity contribution is 1.32. The van der Waals surface area contributed by atoms with E-state index in [0.29, 0.717) is 0 Å². The predicted molar refractivity (Wildman–Crippen MR) is 102 cm³/mol. The molecule has 0 fully saturated rings. The van der Waals surface area contributed by atoms with Crippen LogP contribution < -0.4 is 5.43 Å². The van der Waals surface area contributed by atoms with Gasteiger partial charge in [-0.25, -0.2) is 0 Å². The van der Waals surface area contributed by atoms with Crippen molar-refractivity contribution in [3.05, 3.63) is 88.9 Å². The fraction of sp³-hybridized carbons (Fsp3) is 0.0500. The van der Waals surface area contributed by atoms with Gasteiger partial charge in [-0.15, -0.1) is 0 Å². The zero-order valence-corrected chi connectivity index (χ0v) is 14.4. The van der Waals surface area contributed by atoms with Gasteiger partial charge in [-0.3, -0.25) is 5.43 Å². The lowest BCUT2D eigenvalue weighted by Crippen LogP contribution is -1.99. The number of hydrazone groups is 1. The Labute approximate surface area is 145 Å². The summed E-state index contributed by atoms with van der Waals surface area (Å²) in [6.07, 6.45) is 0. The van der Waals surface area contributed by atoms with Crippen LogP contribution in [-0.4, -0.2) is 5.71 Å². The smallest absolute Gasteiger partial charge is 0.0648 e. The summed E-state index contributed by atoms with van der Waals surface area (Å²) in [5.41, 5.74) is 8.53. The quantitative estimate of drug-likeness (QED) is 0.448.